The first-order valence-electron chi connectivity index (χ1n) is 14.3. The minimum atomic E-state index is -1.31. The Morgan fingerprint density at radius 1 is 0.818 bits per heavy atom. The monoisotopic (exact) mass is 609 g/mol. The quantitative estimate of drug-likeness (QED) is 0.117. The first-order chi connectivity index (χ1) is 20.8. The lowest BCUT2D eigenvalue weighted by molar-refractivity contribution is -0.142. The second-order valence-corrected chi connectivity index (χ2v) is 11.1. The highest BCUT2D eigenvalue weighted by molar-refractivity contribution is 5.95. The molecular weight excluding hydrogens is 570 g/mol. The van der Waals surface area contributed by atoms with E-state index in [9.17, 15) is 34.2 Å². The van der Waals surface area contributed by atoms with Crippen molar-refractivity contribution in [1.29, 1.82) is 0 Å². The first kappa shape index (κ1) is 33.6. The van der Waals surface area contributed by atoms with Crippen LogP contribution in [-0.2, 0) is 36.8 Å². The van der Waals surface area contributed by atoms with Gasteiger partial charge in [-0.25, -0.2) is 4.79 Å². The highest BCUT2D eigenvalue weighted by Crippen LogP contribution is 2.20. The van der Waals surface area contributed by atoms with Gasteiger partial charge in [0, 0.05) is 36.4 Å². The van der Waals surface area contributed by atoms with E-state index in [0.717, 1.165) is 10.9 Å². The average molecular weight is 610 g/mol. The molecular formula is C31H39N5O8. The SMILES string of the molecule is CC(C)CC(NC(=O)C(Cc1c[nH]c2ccccc12)NC(=O)C(N)CCC(=O)O)C(=O)NC(Cc1ccc(O)cc1)C(=O)O. The van der Waals surface area contributed by atoms with Gasteiger partial charge in [-0.1, -0.05) is 44.2 Å². The number of carbonyl (C=O) groups excluding carboxylic acids is 3. The lowest BCUT2D eigenvalue weighted by Gasteiger charge is -2.26. The smallest absolute Gasteiger partial charge is 0.326 e. The summed E-state index contributed by atoms with van der Waals surface area (Å²) in [6.07, 6.45) is 1.38. The number of carbonyl (C=O) groups is 5. The molecule has 4 atom stereocenters. The van der Waals surface area contributed by atoms with Crippen LogP contribution in [0.25, 0.3) is 10.9 Å². The summed E-state index contributed by atoms with van der Waals surface area (Å²) in [7, 11) is 0. The number of nitrogens with one attached hydrogen (secondary N) is 4. The normalized spacial score (nSPS) is 13.9. The predicted molar refractivity (Wildman–Crippen MR) is 162 cm³/mol. The van der Waals surface area contributed by atoms with Crippen LogP contribution in [0.4, 0.5) is 0 Å². The number of amides is 3. The zero-order chi connectivity index (χ0) is 32.4. The molecule has 0 radical (unpaired) electrons. The molecule has 0 aliphatic heterocycles. The Labute approximate surface area is 254 Å². The minimum Gasteiger partial charge on any atom is -0.508 e. The maximum Gasteiger partial charge on any atom is 0.326 e. The molecule has 2 aromatic carbocycles. The van der Waals surface area contributed by atoms with Crippen molar-refractivity contribution < 1.29 is 39.3 Å². The molecule has 1 heterocycles. The van der Waals surface area contributed by atoms with Crippen LogP contribution in [0.5, 0.6) is 5.75 Å². The lowest BCUT2D eigenvalue weighted by Crippen LogP contribution is -2.58. The number of benzene rings is 2. The molecule has 3 amide bonds. The molecule has 0 fully saturated rings. The molecule has 0 aliphatic carbocycles. The first-order valence-corrected chi connectivity index (χ1v) is 14.3. The van der Waals surface area contributed by atoms with Crippen LogP contribution in [-0.4, -0.2) is 74.1 Å². The topological polar surface area (TPSA) is 224 Å². The van der Waals surface area contributed by atoms with E-state index in [1.165, 1.54) is 12.1 Å². The maximum atomic E-state index is 13.7. The third-order valence-corrected chi connectivity index (χ3v) is 7.07. The van der Waals surface area contributed by atoms with Gasteiger partial charge in [0.05, 0.1) is 6.04 Å². The summed E-state index contributed by atoms with van der Waals surface area (Å²) in [5.74, 6) is -4.58. The van der Waals surface area contributed by atoms with Crippen LogP contribution in [0.15, 0.2) is 54.7 Å². The van der Waals surface area contributed by atoms with Crippen molar-refractivity contribution in [3.05, 3.63) is 65.9 Å². The number of fused-ring (bicyclic) bond motifs is 1. The van der Waals surface area contributed by atoms with E-state index in [1.54, 1.807) is 18.3 Å². The van der Waals surface area contributed by atoms with E-state index in [0.29, 0.717) is 11.1 Å². The summed E-state index contributed by atoms with van der Waals surface area (Å²) in [5.41, 5.74) is 8.00. The van der Waals surface area contributed by atoms with Crippen molar-refractivity contribution in [1.82, 2.24) is 20.9 Å². The number of nitrogens with two attached hydrogens (primary N) is 1. The fourth-order valence-corrected chi connectivity index (χ4v) is 4.73. The zero-order valence-electron chi connectivity index (χ0n) is 24.6. The highest BCUT2D eigenvalue weighted by atomic mass is 16.4. The number of phenols is 1. The molecule has 0 bridgehead atoms. The van der Waals surface area contributed by atoms with Crippen LogP contribution in [0.3, 0.4) is 0 Å². The van der Waals surface area contributed by atoms with E-state index in [-0.39, 0.29) is 43.8 Å². The summed E-state index contributed by atoms with van der Waals surface area (Å²) < 4.78 is 0. The van der Waals surface area contributed by atoms with Gasteiger partial charge in [0.25, 0.3) is 0 Å². The second kappa shape index (κ2) is 15.5. The summed E-state index contributed by atoms with van der Waals surface area (Å²) >= 11 is 0. The number of aromatic nitrogens is 1. The van der Waals surface area contributed by atoms with E-state index < -0.39 is 53.8 Å². The van der Waals surface area contributed by atoms with Gasteiger partial charge in [-0.15, -0.1) is 0 Å². The van der Waals surface area contributed by atoms with Gasteiger partial charge < -0.3 is 42.0 Å². The highest BCUT2D eigenvalue weighted by Gasteiger charge is 2.31. The minimum absolute atomic E-state index is 0.0153. The van der Waals surface area contributed by atoms with E-state index in [4.69, 9.17) is 10.8 Å². The number of aromatic amines is 1. The predicted octanol–water partition coefficient (Wildman–Crippen LogP) is 1.44. The maximum absolute atomic E-state index is 13.7. The van der Waals surface area contributed by atoms with Crippen LogP contribution < -0.4 is 21.7 Å². The zero-order valence-corrected chi connectivity index (χ0v) is 24.6. The summed E-state index contributed by atoms with van der Waals surface area (Å²) in [6, 6.07) is 8.48. The number of carboxylic acid groups (broad SMARTS) is 2. The van der Waals surface area contributed by atoms with Crippen LogP contribution >= 0.6 is 0 Å². The van der Waals surface area contributed by atoms with Crippen LogP contribution in [0.1, 0.15) is 44.2 Å². The van der Waals surface area contributed by atoms with Crippen molar-refractivity contribution in [3.63, 3.8) is 0 Å². The molecule has 0 spiro atoms. The Kier molecular flexibility index (Phi) is 11.9. The molecule has 3 rings (SSSR count). The molecule has 4 unspecified atom stereocenters. The third-order valence-electron chi connectivity index (χ3n) is 7.07. The number of rotatable bonds is 16. The number of hydrogen-bond acceptors (Lipinski definition) is 7. The van der Waals surface area contributed by atoms with Crippen molar-refractivity contribution in [3.8, 4) is 5.75 Å². The van der Waals surface area contributed by atoms with Gasteiger partial charge in [0.2, 0.25) is 17.7 Å². The number of aliphatic carboxylic acids is 2. The Hall–Kier alpha value is -4.91. The summed E-state index contributed by atoms with van der Waals surface area (Å²) in [6.45, 7) is 3.68. The van der Waals surface area contributed by atoms with Crippen molar-refractivity contribution in [2.75, 3.05) is 0 Å². The molecule has 13 heteroatoms. The fourth-order valence-electron chi connectivity index (χ4n) is 4.73. The lowest BCUT2D eigenvalue weighted by atomic mass is 9.99. The summed E-state index contributed by atoms with van der Waals surface area (Å²) in [5, 5.41) is 36.9. The van der Waals surface area contributed by atoms with Crippen LogP contribution in [0, 0.1) is 5.92 Å². The van der Waals surface area contributed by atoms with Crippen LogP contribution in [0.2, 0.25) is 0 Å². The molecule has 0 aliphatic rings. The van der Waals surface area contributed by atoms with Crippen molar-refractivity contribution >= 4 is 40.6 Å². The van der Waals surface area contributed by atoms with Crippen molar-refractivity contribution in [2.45, 2.75) is 70.1 Å². The molecule has 1 aromatic heterocycles. The fraction of sp³-hybridized carbons (Fsp3) is 0.387. The van der Waals surface area contributed by atoms with Gasteiger partial charge in [-0.3, -0.25) is 19.2 Å². The van der Waals surface area contributed by atoms with E-state index in [1.807, 2.05) is 38.1 Å². The van der Waals surface area contributed by atoms with Crippen molar-refractivity contribution in [2.24, 2.45) is 11.7 Å². The number of aromatic hydroxyl groups is 1. The molecule has 13 nitrogen and oxygen atoms in total. The standard InChI is InChI=1S/C31H39N5O8/c1-17(2)13-24(29(41)36-26(31(43)44)14-18-7-9-20(37)10-8-18)35-30(42)25(34-28(40)22(32)11-12-27(38)39)15-19-16-33-23-6-4-3-5-21(19)23/h3-10,16-17,22,24-26,33,37H,11-15,32H2,1-2H3,(H,34,40)(H,35,42)(H,36,41)(H,38,39)(H,43,44). The van der Waals surface area contributed by atoms with Gasteiger partial charge in [0.15, 0.2) is 0 Å². The third kappa shape index (κ3) is 9.83. The van der Waals surface area contributed by atoms with Gasteiger partial charge in [-0.05, 0) is 48.1 Å². The number of hydrogen-bond donors (Lipinski definition) is 8. The average Bonchev–Trinajstić information content (AvgIpc) is 3.38. The summed E-state index contributed by atoms with van der Waals surface area (Å²) in [4.78, 5) is 66.0. The van der Waals surface area contributed by atoms with E-state index in [2.05, 4.69) is 20.9 Å². The molecule has 3 aromatic rings. The number of para-hydroxylation sites is 1. The molecule has 44 heavy (non-hydrogen) atoms. The second-order valence-electron chi connectivity index (χ2n) is 11.1. The Bertz CT molecular complexity index is 1470. The Balaban J connectivity index is 1.81. The van der Waals surface area contributed by atoms with Gasteiger partial charge in [0.1, 0.15) is 23.9 Å². The van der Waals surface area contributed by atoms with Gasteiger partial charge >= 0.3 is 11.9 Å². The number of carboxylic acids is 2. The van der Waals surface area contributed by atoms with E-state index >= 15 is 0 Å². The Morgan fingerprint density at radius 3 is 2.07 bits per heavy atom. The largest absolute Gasteiger partial charge is 0.508 e. The molecule has 9 N–H and O–H groups in total. The molecule has 236 valence electrons. The Morgan fingerprint density at radius 2 is 1.43 bits per heavy atom. The molecule has 0 saturated heterocycles. The molecule has 0 saturated carbocycles. The number of H-pyrrole nitrogens is 1. The number of phenolic OH excluding ortho intramolecular Hbond substituents is 1. The van der Waals surface area contributed by atoms with Gasteiger partial charge in [-0.2, -0.15) is 0 Å².